The number of nitriles is 1. The van der Waals surface area contributed by atoms with Gasteiger partial charge in [0.2, 0.25) is 0 Å². The van der Waals surface area contributed by atoms with E-state index in [1.807, 2.05) is 55.5 Å². The van der Waals surface area contributed by atoms with Crippen molar-refractivity contribution in [2.75, 3.05) is 0 Å². The lowest BCUT2D eigenvalue weighted by Crippen LogP contribution is -1.85. The highest BCUT2D eigenvalue weighted by atomic mass is 127. The number of hydrogen-bond donors (Lipinski definition) is 1. The third kappa shape index (κ3) is 2.98. The van der Waals surface area contributed by atoms with Crippen molar-refractivity contribution < 1.29 is 0 Å². The van der Waals surface area contributed by atoms with Gasteiger partial charge in [-0.05, 0) is 71.0 Å². The van der Waals surface area contributed by atoms with E-state index in [1.165, 1.54) is 3.57 Å². The number of nitrogens with zero attached hydrogens (tertiary/aromatic N) is 2. The highest BCUT2D eigenvalue weighted by molar-refractivity contribution is 14.1. The van der Waals surface area contributed by atoms with Crippen LogP contribution >= 0.6 is 22.6 Å². The Morgan fingerprint density at radius 1 is 1.24 bits per heavy atom. The van der Waals surface area contributed by atoms with Crippen molar-refractivity contribution in [1.82, 2.24) is 9.97 Å². The molecule has 2 aromatic carbocycles. The number of aromatic nitrogens is 2. The van der Waals surface area contributed by atoms with E-state index in [0.29, 0.717) is 11.4 Å². The second-order valence-electron chi connectivity index (χ2n) is 4.83. The molecule has 102 valence electrons. The molecule has 0 spiro atoms. The van der Waals surface area contributed by atoms with Crippen LogP contribution in [0.4, 0.5) is 0 Å². The van der Waals surface area contributed by atoms with Gasteiger partial charge in [0.25, 0.3) is 0 Å². The van der Waals surface area contributed by atoms with Crippen molar-refractivity contribution in [3.63, 3.8) is 0 Å². The molecular weight excluding hydrogens is 373 g/mol. The van der Waals surface area contributed by atoms with Gasteiger partial charge in [-0.2, -0.15) is 5.26 Å². The number of hydrogen-bond acceptors (Lipinski definition) is 2. The Kier molecular flexibility index (Phi) is 3.76. The molecule has 4 heteroatoms. The Hall–Kier alpha value is -2.13. The van der Waals surface area contributed by atoms with Gasteiger partial charge in [0.05, 0.1) is 16.6 Å². The van der Waals surface area contributed by atoms with Crippen molar-refractivity contribution in [2.24, 2.45) is 0 Å². The first kappa shape index (κ1) is 13.8. The summed E-state index contributed by atoms with van der Waals surface area (Å²) in [6.45, 7) is 2.03. The lowest BCUT2D eigenvalue weighted by molar-refractivity contribution is 1.27. The number of aromatic amines is 1. The van der Waals surface area contributed by atoms with Gasteiger partial charge < -0.3 is 4.98 Å². The lowest BCUT2D eigenvalue weighted by Gasteiger charge is -1.96. The molecule has 0 bridgehead atoms. The number of allylic oxidation sites excluding steroid dienone is 1. The molecule has 0 fully saturated rings. The first-order valence-corrected chi connectivity index (χ1v) is 7.58. The Morgan fingerprint density at radius 2 is 2.00 bits per heavy atom. The number of halogens is 1. The van der Waals surface area contributed by atoms with E-state index in [2.05, 4.69) is 38.6 Å². The minimum atomic E-state index is 0.532. The van der Waals surface area contributed by atoms with Gasteiger partial charge >= 0.3 is 0 Å². The maximum atomic E-state index is 9.40. The summed E-state index contributed by atoms with van der Waals surface area (Å²) in [4.78, 5) is 7.71. The van der Waals surface area contributed by atoms with Crippen molar-refractivity contribution >= 4 is 45.3 Å². The number of aryl methyl sites for hydroxylation is 1. The van der Waals surface area contributed by atoms with Crippen molar-refractivity contribution in [3.05, 3.63) is 63.0 Å². The number of H-pyrrole nitrogens is 1. The Labute approximate surface area is 136 Å². The molecule has 21 heavy (non-hydrogen) atoms. The smallest absolute Gasteiger partial charge is 0.149 e. The third-order valence-electron chi connectivity index (χ3n) is 3.19. The van der Waals surface area contributed by atoms with Gasteiger partial charge in [0.15, 0.2) is 0 Å². The Bertz CT molecular complexity index is 867. The second kappa shape index (κ2) is 5.70. The first-order chi connectivity index (χ1) is 10.2. The normalized spacial score (nSPS) is 11.6. The molecule has 0 atom stereocenters. The molecule has 0 aliphatic carbocycles. The van der Waals surface area contributed by atoms with E-state index in [0.717, 1.165) is 22.2 Å². The molecule has 0 aliphatic heterocycles. The molecule has 1 aromatic heterocycles. The van der Waals surface area contributed by atoms with Crippen LogP contribution in [0.3, 0.4) is 0 Å². The van der Waals surface area contributed by atoms with E-state index in [9.17, 15) is 5.26 Å². The van der Waals surface area contributed by atoms with Gasteiger partial charge in [-0.3, -0.25) is 0 Å². The monoisotopic (exact) mass is 385 g/mol. The summed E-state index contributed by atoms with van der Waals surface area (Å²) in [5.41, 5.74) is 4.51. The van der Waals surface area contributed by atoms with Crippen LogP contribution in [0.25, 0.3) is 22.7 Å². The van der Waals surface area contributed by atoms with Crippen LogP contribution in [-0.2, 0) is 0 Å². The lowest BCUT2D eigenvalue weighted by atomic mass is 10.1. The zero-order valence-electron chi connectivity index (χ0n) is 11.4. The maximum Gasteiger partial charge on any atom is 0.149 e. The summed E-state index contributed by atoms with van der Waals surface area (Å²) >= 11 is 2.26. The van der Waals surface area contributed by atoms with E-state index in [-0.39, 0.29) is 0 Å². The molecule has 0 unspecified atom stereocenters. The molecular formula is C17H12IN3. The maximum absolute atomic E-state index is 9.40. The highest BCUT2D eigenvalue weighted by Crippen LogP contribution is 2.20. The van der Waals surface area contributed by atoms with E-state index >= 15 is 0 Å². The summed E-state index contributed by atoms with van der Waals surface area (Å²) in [7, 11) is 0. The standard InChI is InChI=1S/C17H12IN3/c1-11-2-7-15-16(8-11)21-17(20-15)13(10-19)9-12-3-5-14(18)6-4-12/h2-9H,1H3,(H,20,21). The van der Waals surface area contributed by atoms with Crippen molar-refractivity contribution in [3.8, 4) is 6.07 Å². The Morgan fingerprint density at radius 3 is 2.71 bits per heavy atom. The fourth-order valence-corrected chi connectivity index (χ4v) is 2.49. The minimum Gasteiger partial charge on any atom is -0.337 e. The SMILES string of the molecule is Cc1ccc2nc(C(C#N)=Cc3ccc(I)cc3)[nH]c2c1. The summed E-state index contributed by atoms with van der Waals surface area (Å²) < 4.78 is 1.17. The predicted molar refractivity (Wildman–Crippen MR) is 93.5 cm³/mol. The fourth-order valence-electron chi connectivity index (χ4n) is 2.13. The first-order valence-electron chi connectivity index (χ1n) is 6.50. The summed E-state index contributed by atoms with van der Waals surface area (Å²) in [6, 6.07) is 16.3. The molecule has 1 heterocycles. The molecule has 0 radical (unpaired) electrons. The largest absolute Gasteiger partial charge is 0.337 e. The number of imidazole rings is 1. The van der Waals surface area contributed by atoms with Crippen LogP contribution in [0.5, 0.6) is 0 Å². The van der Waals surface area contributed by atoms with Crippen LogP contribution in [0.15, 0.2) is 42.5 Å². The van der Waals surface area contributed by atoms with Crippen LogP contribution < -0.4 is 0 Å². The van der Waals surface area contributed by atoms with Crippen molar-refractivity contribution in [2.45, 2.75) is 6.92 Å². The number of fused-ring (bicyclic) bond motifs is 1. The summed E-state index contributed by atoms with van der Waals surface area (Å²) in [5, 5.41) is 9.40. The molecule has 3 nitrogen and oxygen atoms in total. The number of rotatable bonds is 2. The number of nitrogens with one attached hydrogen (secondary N) is 1. The van der Waals surface area contributed by atoms with E-state index < -0.39 is 0 Å². The van der Waals surface area contributed by atoms with Crippen molar-refractivity contribution in [1.29, 1.82) is 5.26 Å². The third-order valence-corrected chi connectivity index (χ3v) is 3.91. The molecule has 1 N–H and O–H groups in total. The zero-order valence-corrected chi connectivity index (χ0v) is 13.5. The molecule has 0 saturated carbocycles. The fraction of sp³-hybridized carbons (Fsp3) is 0.0588. The van der Waals surface area contributed by atoms with Crippen LogP contribution in [0.1, 0.15) is 17.0 Å². The van der Waals surface area contributed by atoms with Gasteiger partial charge in [0, 0.05) is 3.57 Å². The van der Waals surface area contributed by atoms with Gasteiger partial charge in [-0.15, -0.1) is 0 Å². The minimum absolute atomic E-state index is 0.532. The topological polar surface area (TPSA) is 52.5 Å². The zero-order chi connectivity index (χ0) is 14.8. The highest BCUT2D eigenvalue weighted by Gasteiger charge is 2.08. The van der Waals surface area contributed by atoms with Crippen LogP contribution in [0.2, 0.25) is 0 Å². The van der Waals surface area contributed by atoms with Crippen LogP contribution in [-0.4, -0.2) is 9.97 Å². The molecule has 0 aliphatic rings. The van der Waals surface area contributed by atoms with Crippen LogP contribution in [0, 0.1) is 21.8 Å². The van der Waals surface area contributed by atoms with E-state index in [1.54, 1.807) is 0 Å². The average molecular weight is 385 g/mol. The molecule has 0 amide bonds. The molecule has 3 aromatic rings. The second-order valence-corrected chi connectivity index (χ2v) is 6.07. The van der Waals surface area contributed by atoms with Gasteiger partial charge in [-0.25, -0.2) is 4.98 Å². The Balaban J connectivity index is 2.05. The average Bonchev–Trinajstić information content (AvgIpc) is 2.89. The quantitative estimate of drug-likeness (QED) is 0.520. The predicted octanol–water partition coefficient (Wildman–Crippen LogP) is 4.54. The van der Waals surface area contributed by atoms with Gasteiger partial charge in [0.1, 0.15) is 11.9 Å². The molecule has 0 saturated heterocycles. The number of benzene rings is 2. The van der Waals surface area contributed by atoms with E-state index in [4.69, 9.17) is 0 Å². The summed E-state index contributed by atoms with van der Waals surface area (Å²) in [6.07, 6.45) is 1.85. The van der Waals surface area contributed by atoms with Gasteiger partial charge in [-0.1, -0.05) is 18.2 Å². The molecule has 3 rings (SSSR count). The summed E-state index contributed by atoms with van der Waals surface area (Å²) in [5.74, 6) is 0.608.